The van der Waals surface area contributed by atoms with Crippen LogP contribution in [-0.2, 0) is 10.3 Å². The first-order valence-electron chi connectivity index (χ1n) is 7.60. The summed E-state index contributed by atoms with van der Waals surface area (Å²) >= 11 is 6.23. The second-order valence-electron chi connectivity index (χ2n) is 5.85. The maximum absolute atomic E-state index is 12.6. The van der Waals surface area contributed by atoms with Crippen LogP contribution < -0.4 is 4.74 Å². The number of ether oxygens (including phenoxy) is 2. The van der Waals surface area contributed by atoms with Crippen LogP contribution in [0.5, 0.6) is 11.5 Å². The van der Waals surface area contributed by atoms with E-state index in [0.717, 1.165) is 16.7 Å². The van der Waals surface area contributed by atoms with E-state index in [1.165, 1.54) is 0 Å². The Balaban J connectivity index is 1.93. The molecular formula is C20H11ClO3. The monoisotopic (exact) mass is 334 g/mol. The summed E-state index contributed by atoms with van der Waals surface area (Å²) in [5.41, 5.74) is 1.87. The van der Waals surface area contributed by atoms with Crippen LogP contribution in [-0.4, -0.2) is 5.97 Å². The summed E-state index contributed by atoms with van der Waals surface area (Å²) in [6.45, 7) is 0. The van der Waals surface area contributed by atoms with Crippen LogP contribution >= 0.6 is 11.6 Å². The first kappa shape index (κ1) is 13.6. The van der Waals surface area contributed by atoms with E-state index >= 15 is 0 Å². The molecule has 0 bridgehead atoms. The molecule has 2 aliphatic heterocycles. The van der Waals surface area contributed by atoms with Gasteiger partial charge in [0, 0.05) is 21.7 Å². The molecule has 0 amide bonds. The second kappa shape index (κ2) is 4.62. The fourth-order valence-electron chi connectivity index (χ4n) is 3.59. The van der Waals surface area contributed by atoms with E-state index in [4.69, 9.17) is 21.1 Å². The quantitative estimate of drug-likeness (QED) is 0.548. The third-order valence-electron chi connectivity index (χ3n) is 4.58. The van der Waals surface area contributed by atoms with Crippen molar-refractivity contribution in [1.29, 1.82) is 0 Å². The van der Waals surface area contributed by atoms with E-state index in [-0.39, 0.29) is 5.97 Å². The molecule has 116 valence electrons. The van der Waals surface area contributed by atoms with E-state index in [9.17, 15) is 4.79 Å². The lowest BCUT2D eigenvalue weighted by atomic mass is 9.78. The Morgan fingerprint density at radius 2 is 1.42 bits per heavy atom. The zero-order valence-corrected chi connectivity index (χ0v) is 13.2. The Morgan fingerprint density at radius 3 is 2.08 bits per heavy atom. The largest absolute Gasteiger partial charge is 0.456 e. The standard InChI is InChI=1S/C20H11ClO3/c21-12-9-10-13-16(11-12)20(24-19(13)22)14-5-1-3-7-17(14)23-18-8-4-2-6-15(18)20/h1-11H. The first-order valence-corrected chi connectivity index (χ1v) is 7.98. The van der Waals surface area contributed by atoms with Gasteiger partial charge in [-0.25, -0.2) is 4.79 Å². The number of para-hydroxylation sites is 2. The third-order valence-corrected chi connectivity index (χ3v) is 4.81. The highest BCUT2D eigenvalue weighted by atomic mass is 35.5. The Hall–Kier alpha value is -2.78. The first-order chi connectivity index (χ1) is 11.7. The second-order valence-corrected chi connectivity index (χ2v) is 6.29. The van der Waals surface area contributed by atoms with Gasteiger partial charge >= 0.3 is 5.97 Å². The molecule has 0 radical (unpaired) electrons. The molecule has 0 atom stereocenters. The topological polar surface area (TPSA) is 35.5 Å². The van der Waals surface area contributed by atoms with E-state index in [2.05, 4.69) is 0 Å². The minimum absolute atomic E-state index is 0.354. The summed E-state index contributed by atoms with van der Waals surface area (Å²) in [6.07, 6.45) is 0. The van der Waals surface area contributed by atoms with Crippen LogP contribution in [0, 0.1) is 0 Å². The number of carbonyl (C=O) groups is 1. The molecule has 4 heteroatoms. The van der Waals surface area contributed by atoms with Crippen LogP contribution in [0.1, 0.15) is 27.0 Å². The predicted molar refractivity (Wildman–Crippen MR) is 89.7 cm³/mol. The molecule has 5 rings (SSSR count). The third kappa shape index (κ3) is 1.60. The van der Waals surface area contributed by atoms with Crippen LogP contribution in [0.2, 0.25) is 5.02 Å². The fourth-order valence-corrected chi connectivity index (χ4v) is 3.76. The Bertz CT molecular complexity index is 964. The lowest BCUT2D eigenvalue weighted by molar-refractivity contribution is 0.0224. The van der Waals surface area contributed by atoms with Gasteiger partial charge in [0.15, 0.2) is 5.60 Å². The van der Waals surface area contributed by atoms with Crippen molar-refractivity contribution in [3.63, 3.8) is 0 Å². The van der Waals surface area contributed by atoms with E-state index < -0.39 is 5.60 Å². The molecular weight excluding hydrogens is 324 g/mol. The van der Waals surface area contributed by atoms with Crippen molar-refractivity contribution in [2.45, 2.75) is 5.60 Å². The summed E-state index contributed by atoms with van der Waals surface area (Å²) in [5.74, 6) is 1.00. The van der Waals surface area contributed by atoms with Gasteiger partial charge in [-0.2, -0.15) is 0 Å². The summed E-state index contributed by atoms with van der Waals surface area (Å²) in [7, 11) is 0. The van der Waals surface area contributed by atoms with E-state index in [1.807, 2.05) is 48.5 Å². The van der Waals surface area contributed by atoms with Crippen LogP contribution in [0.3, 0.4) is 0 Å². The number of carbonyl (C=O) groups excluding carboxylic acids is 1. The highest BCUT2D eigenvalue weighted by Crippen LogP contribution is 2.56. The van der Waals surface area contributed by atoms with Gasteiger partial charge in [-0.1, -0.05) is 48.0 Å². The van der Waals surface area contributed by atoms with Gasteiger partial charge in [0.2, 0.25) is 0 Å². The van der Waals surface area contributed by atoms with Gasteiger partial charge in [0.25, 0.3) is 0 Å². The maximum Gasteiger partial charge on any atom is 0.340 e. The molecule has 0 N–H and O–H groups in total. The predicted octanol–water partition coefficient (Wildman–Crippen LogP) is 4.91. The molecule has 0 aliphatic carbocycles. The number of halogens is 1. The number of hydrogen-bond acceptors (Lipinski definition) is 3. The molecule has 3 aromatic rings. The van der Waals surface area contributed by atoms with Crippen LogP contribution in [0.15, 0.2) is 66.7 Å². The van der Waals surface area contributed by atoms with Gasteiger partial charge in [-0.05, 0) is 30.3 Å². The van der Waals surface area contributed by atoms with Crippen LogP contribution in [0.4, 0.5) is 0 Å². The van der Waals surface area contributed by atoms with E-state index in [1.54, 1.807) is 18.2 Å². The number of hydrogen-bond donors (Lipinski definition) is 0. The lowest BCUT2D eigenvalue weighted by Gasteiger charge is -2.36. The SMILES string of the molecule is O=C1OC2(c3ccccc3Oc3ccccc32)c2cc(Cl)ccc21. The summed E-state index contributed by atoms with van der Waals surface area (Å²) in [5, 5.41) is 0.563. The normalized spacial score (nSPS) is 16.0. The van der Waals surface area contributed by atoms with Crippen molar-refractivity contribution in [2.75, 3.05) is 0 Å². The number of fused-ring (bicyclic) bond motifs is 6. The fraction of sp³-hybridized carbons (Fsp3) is 0.0500. The zero-order valence-electron chi connectivity index (χ0n) is 12.5. The molecule has 3 aromatic carbocycles. The molecule has 0 fully saturated rings. The number of rotatable bonds is 0. The number of esters is 1. The molecule has 0 saturated carbocycles. The minimum Gasteiger partial charge on any atom is -0.456 e. The van der Waals surface area contributed by atoms with Gasteiger partial charge in [0.1, 0.15) is 11.5 Å². The van der Waals surface area contributed by atoms with Crippen molar-refractivity contribution < 1.29 is 14.3 Å². The smallest absolute Gasteiger partial charge is 0.340 e. The molecule has 0 unspecified atom stereocenters. The zero-order chi connectivity index (χ0) is 16.3. The number of benzene rings is 3. The molecule has 3 nitrogen and oxygen atoms in total. The van der Waals surface area contributed by atoms with Crippen molar-refractivity contribution in [2.24, 2.45) is 0 Å². The van der Waals surface area contributed by atoms with Crippen molar-refractivity contribution in [3.8, 4) is 11.5 Å². The Kier molecular flexibility index (Phi) is 2.62. The highest BCUT2D eigenvalue weighted by Gasteiger charge is 2.53. The van der Waals surface area contributed by atoms with Gasteiger partial charge < -0.3 is 9.47 Å². The van der Waals surface area contributed by atoms with Crippen LogP contribution in [0.25, 0.3) is 0 Å². The summed E-state index contributed by atoms with van der Waals surface area (Å²) in [4.78, 5) is 12.6. The highest BCUT2D eigenvalue weighted by molar-refractivity contribution is 6.30. The minimum atomic E-state index is -1.03. The average Bonchev–Trinajstić information content (AvgIpc) is 2.88. The summed E-state index contributed by atoms with van der Waals surface area (Å²) < 4.78 is 12.0. The molecule has 0 saturated heterocycles. The van der Waals surface area contributed by atoms with Crippen molar-refractivity contribution in [3.05, 3.63) is 94.0 Å². The molecule has 24 heavy (non-hydrogen) atoms. The van der Waals surface area contributed by atoms with Gasteiger partial charge in [-0.3, -0.25) is 0 Å². The lowest BCUT2D eigenvalue weighted by Crippen LogP contribution is -2.32. The molecule has 2 heterocycles. The maximum atomic E-state index is 12.6. The van der Waals surface area contributed by atoms with Crippen molar-refractivity contribution in [1.82, 2.24) is 0 Å². The van der Waals surface area contributed by atoms with Crippen molar-refractivity contribution >= 4 is 17.6 Å². The molecule has 2 aliphatic rings. The van der Waals surface area contributed by atoms with Gasteiger partial charge in [0.05, 0.1) is 5.56 Å². The Morgan fingerprint density at radius 1 is 0.792 bits per heavy atom. The van der Waals surface area contributed by atoms with Gasteiger partial charge in [-0.15, -0.1) is 0 Å². The Labute approximate surface area is 143 Å². The molecule has 0 aromatic heterocycles. The van der Waals surface area contributed by atoms with E-state index in [0.29, 0.717) is 22.1 Å². The molecule has 1 spiro atoms. The summed E-state index contributed by atoms with van der Waals surface area (Å²) in [6, 6.07) is 20.5. The average molecular weight is 335 g/mol.